The van der Waals surface area contributed by atoms with Gasteiger partial charge in [0.15, 0.2) is 0 Å². The first-order valence-electron chi connectivity index (χ1n) is 10.6. The first-order chi connectivity index (χ1) is 15.7. The van der Waals surface area contributed by atoms with Gasteiger partial charge in [0.2, 0.25) is 5.95 Å². The maximum absolute atomic E-state index is 13.4. The highest BCUT2D eigenvalue weighted by atomic mass is 16.5. The fourth-order valence-corrected chi connectivity index (χ4v) is 4.22. The third-order valence-corrected chi connectivity index (χ3v) is 5.60. The Balaban J connectivity index is 1.83. The number of benzene rings is 3. The van der Waals surface area contributed by atoms with Crippen LogP contribution in [0.4, 0.5) is 5.95 Å². The number of methoxy groups -OCH3 is 1. The lowest BCUT2D eigenvalue weighted by molar-refractivity contribution is -0.138. The molecule has 0 bridgehead atoms. The number of carbonyl (C=O) groups is 1. The molecule has 160 valence electrons. The predicted molar refractivity (Wildman–Crippen MR) is 124 cm³/mol. The quantitative estimate of drug-likeness (QED) is 0.454. The molecular formula is C26H23N3O3. The van der Waals surface area contributed by atoms with Crippen molar-refractivity contribution in [3.63, 3.8) is 0 Å². The van der Waals surface area contributed by atoms with E-state index in [2.05, 4.69) is 9.88 Å². The molecule has 2 heterocycles. The van der Waals surface area contributed by atoms with Crippen molar-refractivity contribution >= 4 is 28.6 Å². The van der Waals surface area contributed by atoms with Crippen LogP contribution in [0, 0.1) is 0 Å². The highest BCUT2D eigenvalue weighted by Gasteiger charge is 2.36. The van der Waals surface area contributed by atoms with Crippen LogP contribution < -0.4 is 10.1 Å². The van der Waals surface area contributed by atoms with Crippen molar-refractivity contribution in [1.82, 2.24) is 9.55 Å². The van der Waals surface area contributed by atoms with Crippen molar-refractivity contribution in [2.75, 3.05) is 19.0 Å². The molecule has 6 heteroatoms. The number of hydrogen-bond acceptors (Lipinski definition) is 5. The van der Waals surface area contributed by atoms with Crippen molar-refractivity contribution in [3.8, 4) is 5.75 Å². The van der Waals surface area contributed by atoms with Crippen LogP contribution in [-0.2, 0) is 9.53 Å². The van der Waals surface area contributed by atoms with E-state index in [1.54, 1.807) is 7.11 Å². The molecule has 0 aliphatic carbocycles. The zero-order valence-corrected chi connectivity index (χ0v) is 17.9. The van der Waals surface area contributed by atoms with Gasteiger partial charge in [-0.2, -0.15) is 0 Å². The molecule has 1 aliphatic heterocycles. The van der Waals surface area contributed by atoms with Gasteiger partial charge in [-0.3, -0.25) is 4.57 Å². The third kappa shape index (κ3) is 3.30. The minimum Gasteiger partial charge on any atom is -0.497 e. The zero-order chi connectivity index (χ0) is 22.1. The SMILES string of the molecule is CCOC(=O)C1=C(c2ccccc2)Nc2nc3ccccc3n2[C@H]1c1cccc(OC)c1. The molecule has 0 saturated carbocycles. The van der Waals surface area contributed by atoms with E-state index < -0.39 is 6.04 Å². The van der Waals surface area contributed by atoms with Gasteiger partial charge in [0.25, 0.3) is 0 Å². The molecule has 1 atom stereocenters. The molecule has 5 rings (SSSR count). The Bertz CT molecular complexity index is 1320. The number of nitrogens with zero attached hydrogens (tertiary/aromatic N) is 2. The van der Waals surface area contributed by atoms with Crippen LogP contribution in [0.1, 0.15) is 24.1 Å². The maximum atomic E-state index is 13.4. The Kier molecular flexibility index (Phi) is 5.11. The standard InChI is InChI=1S/C26H23N3O3/c1-3-32-25(30)22-23(17-10-5-4-6-11-17)28-26-27-20-14-7-8-15-21(20)29(26)24(22)18-12-9-13-19(16-18)31-2/h4-16,24H,3H2,1-2H3,(H,27,28)/t24-/m0/s1. The summed E-state index contributed by atoms with van der Waals surface area (Å²) in [6.07, 6.45) is 0. The summed E-state index contributed by atoms with van der Waals surface area (Å²) >= 11 is 0. The van der Waals surface area contributed by atoms with E-state index in [4.69, 9.17) is 14.5 Å². The Morgan fingerprint density at radius 2 is 1.81 bits per heavy atom. The fourth-order valence-electron chi connectivity index (χ4n) is 4.22. The van der Waals surface area contributed by atoms with E-state index in [0.29, 0.717) is 17.2 Å². The molecule has 0 unspecified atom stereocenters. The lowest BCUT2D eigenvalue weighted by Gasteiger charge is -2.31. The highest BCUT2D eigenvalue weighted by molar-refractivity contribution is 6.03. The Morgan fingerprint density at radius 1 is 1.03 bits per heavy atom. The Labute approximate surface area is 186 Å². The van der Waals surface area contributed by atoms with Crippen LogP contribution in [0.3, 0.4) is 0 Å². The lowest BCUT2D eigenvalue weighted by Crippen LogP contribution is -2.29. The molecule has 3 aromatic carbocycles. The first-order valence-corrected chi connectivity index (χ1v) is 10.6. The van der Waals surface area contributed by atoms with Gasteiger partial charge in [-0.1, -0.05) is 54.6 Å². The van der Waals surface area contributed by atoms with E-state index >= 15 is 0 Å². The topological polar surface area (TPSA) is 65.4 Å². The van der Waals surface area contributed by atoms with Crippen molar-refractivity contribution in [1.29, 1.82) is 0 Å². The number of nitrogens with one attached hydrogen (secondary N) is 1. The second-order valence-electron chi connectivity index (χ2n) is 7.47. The van der Waals surface area contributed by atoms with E-state index in [1.807, 2.05) is 85.8 Å². The minimum atomic E-state index is -0.442. The fraction of sp³-hybridized carbons (Fsp3) is 0.154. The highest BCUT2D eigenvalue weighted by Crippen LogP contribution is 2.42. The summed E-state index contributed by atoms with van der Waals surface area (Å²) in [4.78, 5) is 18.2. The molecule has 0 amide bonds. The summed E-state index contributed by atoms with van der Waals surface area (Å²) in [6.45, 7) is 2.10. The molecule has 0 saturated heterocycles. The van der Waals surface area contributed by atoms with Crippen LogP contribution in [0.5, 0.6) is 5.75 Å². The summed E-state index contributed by atoms with van der Waals surface area (Å²) in [6, 6.07) is 25.0. The predicted octanol–water partition coefficient (Wildman–Crippen LogP) is 5.03. The number of rotatable bonds is 5. The molecule has 1 aromatic heterocycles. The second-order valence-corrected chi connectivity index (χ2v) is 7.47. The first kappa shape index (κ1) is 19.9. The number of aromatic nitrogens is 2. The average Bonchev–Trinajstić information content (AvgIpc) is 3.22. The van der Waals surface area contributed by atoms with Gasteiger partial charge >= 0.3 is 5.97 Å². The number of hydrogen-bond donors (Lipinski definition) is 1. The van der Waals surface area contributed by atoms with E-state index in [1.165, 1.54) is 0 Å². The van der Waals surface area contributed by atoms with Crippen molar-refractivity contribution < 1.29 is 14.3 Å². The molecule has 1 aliphatic rings. The van der Waals surface area contributed by atoms with Crippen molar-refractivity contribution in [2.45, 2.75) is 13.0 Å². The Hall–Kier alpha value is -4.06. The lowest BCUT2D eigenvalue weighted by atomic mass is 9.92. The van der Waals surface area contributed by atoms with Gasteiger partial charge in [-0.15, -0.1) is 0 Å². The maximum Gasteiger partial charge on any atom is 0.338 e. The number of ether oxygens (including phenoxy) is 2. The zero-order valence-electron chi connectivity index (χ0n) is 17.9. The van der Waals surface area contributed by atoms with Gasteiger partial charge in [0.05, 0.1) is 42.1 Å². The number of anilines is 1. The molecule has 32 heavy (non-hydrogen) atoms. The summed E-state index contributed by atoms with van der Waals surface area (Å²) in [5, 5.41) is 3.42. The number of esters is 1. The molecule has 0 fully saturated rings. The van der Waals surface area contributed by atoms with Crippen molar-refractivity contribution in [2.24, 2.45) is 0 Å². The summed E-state index contributed by atoms with van der Waals surface area (Å²) in [5.41, 5.74) is 4.80. The molecule has 1 N–H and O–H groups in total. The van der Waals surface area contributed by atoms with Crippen molar-refractivity contribution in [3.05, 3.63) is 95.6 Å². The van der Waals surface area contributed by atoms with Gasteiger partial charge in [-0.25, -0.2) is 9.78 Å². The molecule has 0 radical (unpaired) electrons. The van der Waals surface area contributed by atoms with E-state index in [0.717, 1.165) is 27.9 Å². The average molecular weight is 425 g/mol. The van der Waals surface area contributed by atoms with Gasteiger partial charge in [-0.05, 0) is 42.3 Å². The van der Waals surface area contributed by atoms with Gasteiger partial charge < -0.3 is 14.8 Å². The monoisotopic (exact) mass is 425 g/mol. The van der Waals surface area contributed by atoms with Gasteiger partial charge in [0.1, 0.15) is 5.75 Å². The molecule has 0 spiro atoms. The van der Waals surface area contributed by atoms with Crippen LogP contribution in [0.2, 0.25) is 0 Å². The van der Waals surface area contributed by atoms with E-state index in [9.17, 15) is 4.79 Å². The summed E-state index contributed by atoms with van der Waals surface area (Å²) < 4.78 is 13.1. The number of para-hydroxylation sites is 2. The molecule has 6 nitrogen and oxygen atoms in total. The van der Waals surface area contributed by atoms with Crippen LogP contribution in [-0.4, -0.2) is 29.2 Å². The summed E-state index contributed by atoms with van der Waals surface area (Å²) in [7, 11) is 1.64. The van der Waals surface area contributed by atoms with E-state index in [-0.39, 0.29) is 12.6 Å². The molecule has 4 aromatic rings. The largest absolute Gasteiger partial charge is 0.497 e. The smallest absolute Gasteiger partial charge is 0.338 e. The number of imidazole rings is 1. The molecular weight excluding hydrogens is 402 g/mol. The number of fused-ring (bicyclic) bond motifs is 3. The van der Waals surface area contributed by atoms with Crippen LogP contribution >= 0.6 is 0 Å². The minimum absolute atomic E-state index is 0.284. The second kappa shape index (κ2) is 8.23. The van der Waals surface area contributed by atoms with Crippen LogP contribution in [0.15, 0.2) is 84.4 Å². The van der Waals surface area contributed by atoms with Crippen LogP contribution in [0.25, 0.3) is 16.7 Å². The normalized spacial score (nSPS) is 15.2. The number of carbonyl (C=O) groups excluding carboxylic acids is 1. The van der Waals surface area contributed by atoms with Gasteiger partial charge in [0, 0.05) is 0 Å². The summed E-state index contributed by atoms with van der Waals surface area (Å²) in [5.74, 6) is 1.03. The Morgan fingerprint density at radius 3 is 2.59 bits per heavy atom. The third-order valence-electron chi connectivity index (χ3n) is 5.60.